The van der Waals surface area contributed by atoms with Gasteiger partial charge >= 0.3 is 0 Å². The lowest BCUT2D eigenvalue weighted by atomic mass is 9.71. The van der Waals surface area contributed by atoms with Crippen LogP contribution < -0.4 is 0 Å². The van der Waals surface area contributed by atoms with Crippen LogP contribution in [0.2, 0.25) is 0 Å². The van der Waals surface area contributed by atoms with Crippen LogP contribution >= 0.6 is 0 Å². The van der Waals surface area contributed by atoms with Crippen LogP contribution in [0.1, 0.15) is 51.4 Å². The number of hydrogen-bond donors (Lipinski definition) is 2. The van der Waals surface area contributed by atoms with Gasteiger partial charge < -0.3 is 10.2 Å². The highest BCUT2D eigenvalue weighted by molar-refractivity contribution is 4.84. The van der Waals surface area contributed by atoms with Crippen LogP contribution in [0.4, 0.5) is 0 Å². The quantitative estimate of drug-likeness (QED) is 0.677. The fourth-order valence-corrected chi connectivity index (χ4v) is 3.22. The molecule has 2 heteroatoms. The van der Waals surface area contributed by atoms with Crippen LogP contribution in [0.3, 0.4) is 0 Å². The van der Waals surface area contributed by atoms with E-state index in [1.807, 2.05) is 0 Å². The second kappa shape index (κ2) is 4.63. The Morgan fingerprint density at radius 3 is 2.00 bits per heavy atom. The Bertz CT molecular complexity index is 173. The summed E-state index contributed by atoms with van der Waals surface area (Å²) in [4.78, 5) is 0. The lowest BCUT2D eigenvalue weighted by Gasteiger charge is -2.37. The summed E-state index contributed by atoms with van der Waals surface area (Å²) in [6, 6.07) is 0. The number of rotatable bonds is 1. The highest BCUT2D eigenvalue weighted by Gasteiger charge is 2.32. The van der Waals surface area contributed by atoms with Gasteiger partial charge in [-0.2, -0.15) is 0 Å². The SMILES string of the molecule is OC1CCC(C2CCCCC2O)CC1. The lowest BCUT2D eigenvalue weighted by molar-refractivity contribution is 0.00777. The molecule has 2 rings (SSSR count). The summed E-state index contributed by atoms with van der Waals surface area (Å²) >= 11 is 0. The molecule has 0 radical (unpaired) electrons. The summed E-state index contributed by atoms with van der Waals surface area (Å²) in [6.07, 6.45) is 8.75. The highest BCUT2D eigenvalue weighted by atomic mass is 16.3. The van der Waals surface area contributed by atoms with Crippen molar-refractivity contribution in [3.05, 3.63) is 0 Å². The van der Waals surface area contributed by atoms with Crippen molar-refractivity contribution in [1.82, 2.24) is 0 Å². The van der Waals surface area contributed by atoms with Crippen molar-refractivity contribution < 1.29 is 10.2 Å². The van der Waals surface area contributed by atoms with E-state index in [1.54, 1.807) is 0 Å². The largest absolute Gasteiger partial charge is 0.393 e. The fourth-order valence-electron chi connectivity index (χ4n) is 3.22. The molecule has 0 aromatic carbocycles. The first-order chi connectivity index (χ1) is 6.77. The summed E-state index contributed by atoms with van der Waals surface area (Å²) in [5.74, 6) is 1.23. The third kappa shape index (κ3) is 2.29. The number of aliphatic hydroxyl groups excluding tert-OH is 2. The predicted octanol–water partition coefficient (Wildman–Crippen LogP) is 2.09. The summed E-state index contributed by atoms with van der Waals surface area (Å²) in [5, 5.41) is 19.4. The summed E-state index contributed by atoms with van der Waals surface area (Å²) in [5.41, 5.74) is 0. The topological polar surface area (TPSA) is 40.5 Å². The van der Waals surface area contributed by atoms with E-state index < -0.39 is 0 Å². The van der Waals surface area contributed by atoms with E-state index in [-0.39, 0.29) is 12.2 Å². The van der Waals surface area contributed by atoms with E-state index in [9.17, 15) is 10.2 Å². The summed E-state index contributed by atoms with van der Waals surface area (Å²) in [6.45, 7) is 0. The molecule has 0 bridgehead atoms. The normalized spacial score (nSPS) is 45.0. The standard InChI is InChI=1S/C12H22O2/c13-10-7-5-9(6-8-10)11-3-1-2-4-12(11)14/h9-14H,1-8H2. The maximum atomic E-state index is 9.92. The van der Waals surface area contributed by atoms with Crippen molar-refractivity contribution in [2.45, 2.75) is 63.6 Å². The first kappa shape index (κ1) is 10.4. The fraction of sp³-hybridized carbons (Fsp3) is 1.00. The second-order valence-corrected chi connectivity index (χ2v) is 5.08. The van der Waals surface area contributed by atoms with Crippen LogP contribution in [0.5, 0.6) is 0 Å². The van der Waals surface area contributed by atoms with Crippen LogP contribution in [0.15, 0.2) is 0 Å². The Balaban J connectivity index is 1.87. The van der Waals surface area contributed by atoms with Gasteiger partial charge in [0.15, 0.2) is 0 Å². The Kier molecular flexibility index (Phi) is 3.45. The van der Waals surface area contributed by atoms with Gasteiger partial charge in [0.05, 0.1) is 12.2 Å². The van der Waals surface area contributed by atoms with Gasteiger partial charge in [0.1, 0.15) is 0 Å². The van der Waals surface area contributed by atoms with E-state index in [4.69, 9.17) is 0 Å². The second-order valence-electron chi connectivity index (χ2n) is 5.08. The highest BCUT2D eigenvalue weighted by Crippen LogP contribution is 2.38. The van der Waals surface area contributed by atoms with Crippen molar-refractivity contribution in [2.24, 2.45) is 11.8 Å². The summed E-state index contributed by atoms with van der Waals surface area (Å²) in [7, 11) is 0. The van der Waals surface area contributed by atoms with Crippen molar-refractivity contribution in [3.8, 4) is 0 Å². The van der Waals surface area contributed by atoms with Gasteiger partial charge in [-0.25, -0.2) is 0 Å². The van der Waals surface area contributed by atoms with Gasteiger partial charge in [0, 0.05) is 0 Å². The van der Waals surface area contributed by atoms with E-state index in [0.29, 0.717) is 11.8 Å². The zero-order valence-electron chi connectivity index (χ0n) is 8.86. The van der Waals surface area contributed by atoms with E-state index >= 15 is 0 Å². The molecule has 0 heterocycles. The molecule has 82 valence electrons. The van der Waals surface area contributed by atoms with Crippen molar-refractivity contribution in [2.75, 3.05) is 0 Å². The Labute approximate surface area is 86.3 Å². The number of hydrogen-bond acceptors (Lipinski definition) is 2. The molecule has 0 spiro atoms. The van der Waals surface area contributed by atoms with Gasteiger partial charge in [-0.1, -0.05) is 12.8 Å². The molecule has 2 fully saturated rings. The number of aliphatic hydroxyl groups is 2. The molecular weight excluding hydrogens is 176 g/mol. The molecule has 2 aliphatic carbocycles. The molecule has 0 aromatic rings. The van der Waals surface area contributed by atoms with Gasteiger partial charge in [-0.05, 0) is 50.4 Å². The van der Waals surface area contributed by atoms with Gasteiger partial charge in [0.25, 0.3) is 0 Å². The van der Waals surface area contributed by atoms with Crippen molar-refractivity contribution >= 4 is 0 Å². The first-order valence-electron chi connectivity index (χ1n) is 6.13. The molecule has 2 aliphatic rings. The predicted molar refractivity (Wildman–Crippen MR) is 55.9 cm³/mol. The summed E-state index contributed by atoms with van der Waals surface area (Å²) < 4.78 is 0. The van der Waals surface area contributed by atoms with Crippen molar-refractivity contribution in [3.63, 3.8) is 0 Å². The minimum Gasteiger partial charge on any atom is -0.393 e. The molecule has 0 saturated heterocycles. The van der Waals surface area contributed by atoms with Crippen LogP contribution in [0.25, 0.3) is 0 Å². The molecule has 2 saturated carbocycles. The van der Waals surface area contributed by atoms with Crippen molar-refractivity contribution in [1.29, 1.82) is 0 Å². The molecule has 14 heavy (non-hydrogen) atoms. The third-order valence-corrected chi connectivity index (χ3v) is 4.13. The molecule has 2 unspecified atom stereocenters. The maximum Gasteiger partial charge on any atom is 0.0571 e. The molecule has 2 atom stereocenters. The molecule has 0 amide bonds. The Morgan fingerprint density at radius 2 is 1.36 bits per heavy atom. The smallest absolute Gasteiger partial charge is 0.0571 e. The zero-order valence-corrected chi connectivity index (χ0v) is 8.86. The molecule has 0 aliphatic heterocycles. The minimum absolute atomic E-state index is 0.0519. The van der Waals surface area contributed by atoms with Crippen LogP contribution in [0, 0.1) is 11.8 Å². The van der Waals surface area contributed by atoms with Gasteiger partial charge in [0.2, 0.25) is 0 Å². The Morgan fingerprint density at radius 1 is 0.714 bits per heavy atom. The third-order valence-electron chi connectivity index (χ3n) is 4.13. The average molecular weight is 198 g/mol. The van der Waals surface area contributed by atoms with E-state index in [0.717, 1.165) is 32.1 Å². The Hall–Kier alpha value is -0.0800. The molecule has 2 nitrogen and oxygen atoms in total. The van der Waals surface area contributed by atoms with Gasteiger partial charge in [-0.15, -0.1) is 0 Å². The van der Waals surface area contributed by atoms with E-state index in [2.05, 4.69) is 0 Å². The molecule has 0 aromatic heterocycles. The average Bonchev–Trinajstić information content (AvgIpc) is 2.20. The maximum absolute atomic E-state index is 9.92. The van der Waals surface area contributed by atoms with Crippen LogP contribution in [-0.4, -0.2) is 22.4 Å². The monoisotopic (exact) mass is 198 g/mol. The minimum atomic E-state index is -0.0630. The first-order valence-corrected chi connectivity index (χ1v) is 6.13. The lowest BCUT2D eigenvalue weighted by Crippen LogP contribution is -2.34. The molecular formula is C12H22O2. The molecule has 2 N–H and O–H groups in total. The van der Waals surface area contributed by atoms with E-state index in [1.165, 1.54) is 19.3 Å². The van der Waals surface area contributed by atoms with Gasteiger partial charge in [-0.3, -0.25) is 0 Å². The van der Waals surface area contributed by atoms with Crippen LogP contribution in [-0.2, 0) is 0 Å². The zero-order chi connectivity index (χ0) is 9.97.